The monoisotopic (exact) mass is 214 g/mol. The zero-order valence-corrected chi connectivity index (χ0v) is 9.95. The van der Waals surface area contributed by atoms with E-state index < -0.39 is 11.6 Å². The first-order chi connectivity index (χ1) is 6.98. The van der Waals surface area contributed by atoms with E-state index in [-0.39, 0.29) is 0 Å². The summed E-state index contributed by atoms with van der Waals surface area (Å²) in [5, 5.41) is 10.1. The molecule has 2 atom stereocenters. The van der Waals surface area contributed by atoms with Gasteiger partial charge in [-0.3, -0.25) is 0 Å². The molecule has 0 aromatic heterocycles. The maximum atomic E-state index is 11.4. The van der Waals surface area contributed by atoms with Crippen LogP contribution in [0.15, 0.2) is 0 Å². The molecule has 3 nitrogen and oxygen atoms in total. The Morgan fingerprint density at radius 1 is 1.60 bits per heavy atom. The molecule has 0 radical (unpaired) electrons. The van der Waals surface area contributed by atoms with E-state index in [1.54, 1.807) is 0 Å². The maximum absolute atomic E-state index is 11.4. The van der Waals surface area contributed by atoms with E-state index in [0.29, 0.717) is 24.7 Å². The lowest BCUT2D eigenvalue weighted by atomic mass is 9.75. The number of hydrogen-bond donors (Lipinski definition) is 1. The van der Waals surface area contributed by atoms with Gasteiger partial charge in [0.15, 0.2) is 5.60 Å². The molecular weight excluding hydrogens is 192 g/mol. The summed E-state index contributed by atoms with van der Waals surface area (Å²) in [6.07, 6.45) is 4.24. The Bertz CT molecular complexity index is 225. The summed E-state index contributed by atoms with van der Waals surface area (Å²) in [5.74, 6) is 0.619. The number of aliphatic hydroxyl groups is 1. The fourth-order valence-corrected chi connectivity index (χ4v) is 2.61. The summed E-state index contributed by atoms with van der Waals surface area (Å²) in [6, 6.07) is 0. The minimum absolute atomic E-state index is 0.461. The molecule has 1 aliphatic carbocycles. The molecule has 0 amide bonds. The number of hydrogen-bond acceptors (Lipinski definition) is 3. The molecule has 0 heterocycles. The summed E-state index contributed by atoms with van der Waals surface area (Å²) in [5.41, 5.74) is -1.22. The van der Waals surface area contributed by atoms with Crippen LogP contribution in [0.25, 0.3) is 0 Å². The first-order valence-corrected chi connectivity index (χ1v) is 5.78. The highest BCUT2D eigenvalue weighted by Crippen LogP contribution is 2.36. The summed E-state index contributed by atoms with van der Waals surface area (Å²) in [4.78, 5) is 11.4. The number of ether oxygens (including phenoxy) is 1. The Morgan fingerprint density at radius 3 is 2.80 bits per heavy atom. The second kappa shape index (κ2) is 4.97. The SMILES string of the molecule is COC(=O)C1(O)CCCC(CC(C)C)C1. The van der Waals surface area contributed by atoms with Crippen molar-refractivity contribution >= 4 is 5.97 Å². The molecule has 0 aliphatic heterocycles. The normalized spacial score (nSPS) is 31.7. The van der Waals surface area contributed by atoms with E-state index in [0.717, 1.165) is 19.3 Å². The van der Waals surface area contributed by atoms with Crippen molar-refractivity contribution in [3.8, 4) is 0 Å². The van der Waals surface area contributed by atoms with Crippen LogP contribution in [-0.2, 0) is 9.53 Å². The lowest BCUT2D eigenvalue weighted by Gasteiger charge is -2.35. The standard InChI is InChI=1S/C12H22O3/c1-9(2)7-10-5-4-6-12(14,8-10)11(13)15-3/h9-10,14H,4-8H2,1-3H3. The summed E-state index contributed by atoms with van der Waals surface area (Å²) < 4.78 is 4.66. The van der Waals surface area contributed by atoms with E-state index >= 15 is 0 Å². The van der Waals surface area contributed by atoms with Crippen LogP contribution in [-0.4, -0.2) is 23.8 Å². The number of methoxy groups -OCH3 is 1. The highest BCUT2D eigenvalue weighted by molar-refractivity contribution is 5.79. The van der Waals surface area contributed by atoms with Gasteiger partial charge < -0.3 is 9.84 Å². The molecular formula is C12H22O3. The summed E-state index contributed by atoms with van der Waals surface area (Å²) in [6.45, 7) is 4.34. The van der Waals surface area contributed by atoms with Crippen LogP contribution in [0.1, 0.15) is 46.0 Å². The molecule has 3 heteroatoms. The molecule has 1 saturated carbocycles. The van der Waals surface area contributed by atoms with Crippen LogP contribution < -0.4 is 0 Å². The van der Waals surface area contributed by atoms with Gasteiger partial charge in [0, 0.05) is 0 Å². The molecule has 1 aliphatic rings. The molecule has 15 heavy (non-hydrogen) atoms. The quantitative estimate of drug-likeness (QED) is 0.732. The third-order valence-corrected chi connectivity index (χ3v) is 3.20. The van der Waals surface area contributed by atoms with Crippen molar-refractivity contribution in [3.05, 3.63) is 0 Å². The zero-order valence-electron chi connectivity index (χ0n) is 9.95. The highest BCUT2D eigenvalue weighted by atomic mass is 16.5. The number of carbonyl (C=O) groups is 1. The first-order valence-electron chi connectivity index (χ1n) is 5.78. The van der Waals surface area contributed by atoms with Gasteiger partial charge in [0.1, 0.15) is 0 Å². The van der Waals surface area contributed by atoms with Gasteiger partial charge >= 0.3 is 5.97 Å². The van der Waals surface area contributed by atoms with E-state index in [4.69, 9.17) is 0 Å². The summed E-state index contributed by atoms with van der Waals surface area (Å²) in [7, 11) is 1.34. The molecule has 1 fully saturated rings. The van der Waals surface area contributed by atoms with E-state index in [9.17, 15) is 9.90 Å². The molecule has 0 aromatic carbocycles. The van der Waals surface area contributed by atoms with Gasteiger partial charge in [-0.15, -0.1) is 0 Å². The van der Waals surface area contributed by atoms with Crippen LogP contribution >= 0.6 is 0 Å². The highest BCUT2D eigenvalue weighted by Gasteiger charge is 2.41. The second-order valence-corrected chi connectivity index (χ2v) is 5.12. The Labute approximate surface area is 91.8 Å². The molecule has 0 aromatic rings. The van der Waals surface area contributed by atoms with Gasteiger partial charge in [0.25, 0.3) is 0 Å². The molecule has 88 valence electrons. The molecule has 0 saturated heterocycles. The van der Waals surface area contributed by atoms with Crippen LogP contribution in [0.2, 0.25) is 0 Å². The average molecular weight is 214 g/mol. The lowest BCUT2D eigenvalue weighted by Crippen LogP contribution is -2.44. The molecule has 1 N–H and O–H groups in total. The predicted molar refractivity (Wildman–Crippen MR) is 58.4 cm³/mol. The third kappa shape index (κ3) is 3.20. The van der Waals surface area contributed by atoms with Gasteiger partial charge in [0.05, 0.1) is 7.11 Å². The topological polar surface area (TPSA) is 46.5 Å². The Balaban J connectivity index is 2.58. The van der Waals surface area contributed by atoms with Gasteiger partial charge in [-0.1, -0.05) is 20.3 Å². The van der Waals surface area contributed by atoms with E-state index in [1.807, 2.05) is 0 Å². The van der Waals surface area contributed by atoms with Gasteiger partial charge in [-0.25, -0.2) is 4.79 Å². The maximum Gasteiger partial charge on any atom is 0.337 e. The first kappa shape index (κ1) is 12.5. The van der Waals surface area contributed by atoms with E-state index in [1.165, 1.54) is 7.11 Å². The minimum Gasteiger partial charge on any atom is -0.467 e. The minimum atomic E-state index is -1.22. The Kier molecular flexibility index (Phi) is 4.14. The average Bonchev–Trinajstić information content (AvgIpc) is 2.15. The van der Waals surface area contributed by atoms with Crippen molar-refractivity contribution in [2.75, 3.05) is 7.11 Å². The number of rotatable bonds is 3. The largest absolute Gasteiger partial charge is 0.467 e. The fraction of sp³-hybridized carbons (Fsp3) is 0.917. The predicted octanol–water partition coefficient (Wildman–Crippen LogP) is 2.13. The lowest BCUT2D eigenvalue weighted by molar-refractivity contribution is -0.167. The van der Waals surface area contributed by atoms with E-state index in [2.05, 4.69) is 18.6 Å². The van der Waals surface area contributed by atoms with Crippen molar-refractivity contribution in [1.82, 2.24) is 0 Å². The van der Waals surface area contributed by atoms with Crippen LogP contribution in [0.3, 0.4) is 0 Å². The second-order valence-electron chi connectivity index (χ2n) is 5.12. The van der Waals surface area contributed by atoms with Gasteiger partial charge in [-0.2, -0.15) is 0 Å². The fourth-order valence-electron chi connectivity index (χ4n) is 2.61. The smallest absolute Gasteiger partial charge is 0.337 e. The van der Waals surface area contributed by atoms with Gasteiger partial charge in [0.2, 0.25) is 0 Å². The molecule has 0 spiro atoms. The van der Waals surface area contributed by atoms with Crippen LogP contribution in [0.4, 0.5) is 0 Å². The third-order valence-electron chi connectivity index (χ3n) is 3.20. The molecule has 2 unspecified atom stereocenters. The van der Waals surface area contributed by atoms with Crippen molar-refractivity contribution in [1.29, 1.82) is 0 Å². The number of carbonyl (C=O) groups excluding carboxylic acids is 1. The molecule has 1 rings (SSSR count). The van der Waals surface area contributed by atoms with Crippen molar-refractivity contribution in [3.63, 3.8) is 0 Å². The van der Waals surface area contributed by atoms with Gasteiger partial charge in [-0.05, 0) is 37.5 Å². The Morgan fingerprint density at radius 2 is 2.27 bits per heavy atom. The van der Waals surface area contributed by atoms with Crippen molar-refractivity contribution < 1.29 is 14.6 Å². The Hall–Kier alpha value is -0.570. The zero-order chi connectivity index (χ0) is 11.5. The van der Waals surface area contributed by atoms with Crippen molar-refractivity contribution in [2.45, 2.75) is 51.6 Å². The summed E-state index contributed by atoms with van der Waals surface area (Å²) >= 11 is 0. The number of esters is 1. The van der Waals surface area contributed by atoms with Crippen molar-refractivity contribution in [2.24, 2.45) is 11.8 Å². The van der Waals surface area contributed by atoms with Crippen LogP contribution in [0.5, 0.6) is 0 Å². The molecule has 0 bridgehead atoms. The van der Waals surface area contributed by atoms with Crippen LogP contribution in [0, 0.1) is 11.8 Å².